The number of rotatable bonds is 6. The van der Waals surface area contributed by atoms with Crippen molar-refractivity contribution < 1.29 is 14.3 Å². The first-order valence-electron chi connectivity index (χ1n) is 8.60. The van der Waals surface area contributed by atoms with Gasteiger partial charge in [0.05, 0.1) is 5.57 Å². The molecular weight excluding hydrogens is 326 g/mol. The number of aryl methyl sites for hydroxylation is 1. The Kier molecular flexibility index (Phi) is 7.56. The second-order valence-electron chi connectivity index (χ2n) is 7.33. The van der Waals surface area contributed by atoms with Crippen molar-refractivity contribution in [3.05, 3.63) is 70.8 Å². The van der Waals surface area contributed by atoms with Gasteiger partial charge in [-0.15, -0.1) is 0 Å². The van der Waals surface area contributed by atoms with Gasteiger partial charge in [0.1, 0.15) is 5.60 Å². The van der Waals surface area contributed by atoms with Crippen LogP contribution in [0.15, 0.2) is 59.7 Å². The summed E-state index contributed by atoms with van der Waals surface area (Å²) in [5.74, 6) is -0.727. The summed E-state index contributed by atoms with van der Waals surface area (Å²) in [6.45, 7) is 13.1. The van der Waals surface area contributed by atoms with Crippen molar-refractivity contribution in [1.82, 2.24) is 5.32 Å². The van der Waals surface area contributed by atoms with E-state index in [-0.39, 0.29) is 5.91 Å². The van der Waals surface area contributed by atoms with E-state index in [0.29, 0.717) is 17.6 Å². The van der Waals surface area contributed by atoms with Crippen LogP contribution < -0.4 is 5.32 Å². The highest BCUT2D eigenvalue weighted by atomic mass is 16.6. The molecule has 0 aliphatic heterocycles. The fourth-order valence-corrected chi connectivity index (χ4v) is 2.23. The lowest BCUT2D eigenvalue weighted by Gasteiger charge is -2.20. The maximum absolute atomic E-state index is 12.5. The molecule has 0 radical (unpaired) electrons. The molecule has 1 aromatic carbocycles. The topological polar surface area (TPSA) is 55.4 Å². The van der Waals surface area contributed by atoms with E-state index in [1.807, 2.05) is 31.2 Å². The van der Waals surface area contributed by atoms with Crippen LogP contribution in [0.3, 0.4) is 0 Å². The molecule has 1 rings (SSSR count). The van der Waals surface area contributed by atoms with Gasteiger partial charge in [-0.25, -0.2) is 4.79 Å². The van der Waals surface area contributed by atoms with Crippen molar-refractivity contribution in [1.29, 1.82) is 0 Å². The van der Waals surface area contributed by atoms with Crippen LogP contribution in [-0.4, -0.2) is 24.5 Å². The van der Waals surface area contributed by atoms with Gasteiger partial charge in [0.15, 0.2) is 0 Å². The summed E-state index contributed by atoms with van der Waals surface area (Å²) >= 11 is 0. The molecule has 1 aromatic rings. The van der Waals surface area contributed by atoms with Crippen LogP contribution in [0.1, 0.15) is 38.8 Å². The lowest BCUT2D eigenvalue weighted by Crippen LogP contribution is -2.25. The average Bonchev–Trinajstić information content (AvgIpc) is 2.53. The van der Waals surface area contributed by atoms with E-state index < -0.39 is 11.6 Å². The number of carbonyl (C=O) groups is 2. The summed E-state index contributed by atoms with van der Waals surface area (Å²) in [6, 6.07) is 8.15. The van der Waals surface area contributed by atoms with Crippen molar-refractivity contribution in [3.63, 3.8) is 0 Å². The normalized spacial score (nSPS) is 12.5. The van der Waals surface area contributed by atoms with Gasteiger partial charge in [-0.1, -0.05) is 36.4 Å². The Bertz CT molecular complexity index is 732. The number of allylic oxidation sites excluding steroid dienone is 2. The summed E-state index contributed by atoms with van der Waals surface area (Å²) in [4.78, 5) is 24.3. The zero-order chi connectivity index (χ0) is 19.9. The van der Waals surface area contributed by atoms with Crippen molar-refractivity contribution >= 4 is 11.9 Å². The van der Waals surface area contributed by atoms with Crippen LogP contribution in [0.25, 0.3) is 0 Å². The molecule has 4 heteroatoms. The Morgan fingerprint density at radius 3 is 2.23 bits per heavy atom. The molecule has 0 spiro atoms. The molecule has 0 heterocycles. The van der Waals surface area contributed by atoms with Gasteiger partial charge in [-0.3, -0.25) is 4.79 Å². The predicted octanol–water partition coefficient (Wildman–Crippen LogP) is 4.05. The second-order valence-corrected chi connectivity index (χ2v) is 7.33. The Morgan fingerprint density at radius 2 is 1.73 bits per heavy atom. The molecule has 0 atom stereocenters. The minimum Gasteiger partial charge on any atom is -0.456 e. The summed E-state index contributed by atoms with van der Waals surface area (Å²) in [5, 5.41) is 2.55. The molecule has 0 aromatic heterocycles. The van der Waals surface area contributed by atoms with E-state index in [1.165, 1.54) is 11.6 Å². The highest BCUT2D eigenvalue weighted by Gasteiger charge is 2.19. The third-order valence-electron chi connectivity index (χ3n) is 3.50. The van der Waals surface area contributed by atoms with Crippen molar-refractivity contribution in [2.24, 2.45) is 0 Å². The number of esters is 1. The molecule has 4 nitrogen and oxygen atoms in total. The van der Waals surface area contributed by atoms with Crippen LogP contribution in [0.4, 0.5) is 0 Å². The van der Waals surface area contributed by atoms with Crippen molar-refractivity contribution in [2.75, 3.05) is 7.05 Å². The van der Waals surface area contributed by atoms with Crippen LogP contribution in [0.2, 0.25) is 0 Å². The number of amides is 1. The van der Waals surface area contributed by atoms with Crippen LogP contribution >= 0.6 is 0 Å². The summed E-state index contributed by atoms with van der Waals surface area (Å²) < 4.78 is 5.46. The van der Waals surface area contributed by atoms with Gasteiger partial charge in [0.2, 0.25) is 5.91 Å². The van der Waals surface area contributed by atoms with Crippen LogP contribution in [-0.2, 0) is 20.7 Å². The van der Waals surface area contributed by atoms with Crippen LogP contribution in [0.5, 0.6) is 0 Å². The molecular formula is C22H29NO3. The van der Waals surface area contributed by atoms with Gasteiger partial charge >= 0.3 is 5.97 Å². The summed E-state index contributed by atoms with van der Waals surface area (Å²) in [6.07, 6.45) is 3.83. The number of hydrogen-bond donors (Lipinski definition) is 1. The Labute approximate surface area is 156 Å². The van der Waals surface area contributed by atoms with E-state index in [1.54, 1.807) is 40.8 Å². The number of nitrogens with one attached hydrogen (secondary N) is 1. The SMILES string of the molecule is C=C(/C=C(\C=C(/C)C(=O)NC)C(=O)OC(C)(C)C)Cc1ccc(C)cc1. The van der Waals surface area contributed by atoms with Crippen molar-refractivity contribution in [2.45, 2.75) is 46.6 Å². The number of hydrogen-bond acceptors (Lipinski definition) is 3. The summed E-state index contributed by atoms with van der Waals surface area (Å²) in [7, 11) is 1.55. The van der Waals surface area contributed by atoms with Crippen molar-refractivity contribution in [3.8, 4) is 0 Å². The molecule has 0 fully saturated rings. The van der Waals surface area contributed by atoms with Gasteiger partial charge in [-0.05, 0) is 64.3 Å². The highest BCUT2D eigenvalue weighted by Crippen LogP contribution is 2.17. The molecule has 0 unspecified atom stereocenters. The van der Waals surface area contributed by atoms with Gasteiger partial charge in [-0.2, -0.15) is 0 Å². The Morgan fingerprint density at radius 1 is 1.15 bits per heavy atom. The number of benzene rings is 1. The first kappa shape index (κ1) is 21.4. The molecule has 1 N–H and O–H groups in total. The maximum atomic E-state index is 12.5. The minimum absolute atomic E-state index is 0.247. The third-order valence-corrected chi connectivity index (χ3v) is 3.50. The molecule has 1 amide bonds. The molecule has 140 valence electrons. The number of carbonyl (C=O) groups excluding carboxylic acids is 2. The lowest BCUT2D eigenvalue weighted by molar-refractivity contribution is -0.149. The van der Waals surface area contributed by atoms with Crippen LogP contribution in [0, 0.1) is 6.92 Å². The highest BCUT2D eigenvalue weighted by molar-refractivity contribution is 5.98. The first-order chi connectivity index (χ1) is 12.0. The van der Waals surface area contributed by atoms with Gasteiger partial charge in [0, 0.05) is 12.6 Å². The first-order valence-corrected chi connectivity index (χ1v) is 8.60. The van der Waals surface area contributed by atoms with Gasteiger partial charge < -0.3 is 10.1 Å². The van der Waals surface area contributed by atoms with E-state index in [4.69, 9.17) is 4.74 Å². The number of ether oxygens (including phenoxy) is 1. The smallest absolute Gasteiger partial charge is 0.338 e. The summed E-state index contributed by atoms with van der Waals surface area (Å²) in [5.41, 5.74) is 3.16. The fraction of sp³-hybridized carbons (Fsp3) is 0.364. The predicted molar refractivity (Wildman–Crippen MR) is 106 cm³/mol. The third kappa shape index (κ3) is 7.51. The minimum atomic E-state index is -0.622. The Balaban J connectivity index is 3.10. The standard InChI is InChI=1S/C22H29NO3/c1-15-8-10-18(11-9-15)12-16(2)13-19(14-17(3)20(24)23-7)21(25)26-22(4,5)6/h8-11,13-14H,2,12H2,1,3-7H3,(H,23,24)/b17-14+,19-13+. The fourth-order valence-electron chi connectivity index (χ4n) is 2.23. The second kappa shape index (κ2) is 9.18. The zero-order valence-corrected chi connectivity index (χ0v) is 16.6. The van der Waals surface area contributed by atoms with E-state index in [2.05, 4.69) is 11.9 Å². The lowest BCUT2D eigenvalue weighted by atomic mass is 10.0. The van der Waals surface area contributed by atoms with E-state index in [9.17, 15) is 9.59 Å². The average molecular weight is 355 g/mol. The molecule has 0 aliphatic rings. The van der Waals surface area contributed by atoms with E-state index in [0.717, 1.165) is 11.1 Å². The molecule has 0 bridgehead atoms. The largest absolute Gasteiger partial charge is 0.456 e. The van der Waals surface area contributed by atoms with Gasteiger partial charge in [0.25, 0.3) is 0 Å². The quantitative estimate of drug-likeness (QED) is 0.476. The zero-order valence-electron chi connectivity index (χ0n) is 16.6. The maximum Gasteiger partial charge on any atom is 0.338 e. The molecule has 0 saturated heterocycles. The molecule has 0 aliphatic carbocycles. The Hall–Kier alpha value is -2.62. The number of likely N-dealkylation sites (N-methyl/N-ethyl adjacent to an activating group) is 1. The monoisotopic (exact) mass is 355 g/mol. The van der Waals surface area contributed by atoms with E-state index >= 15 is 0 Å². The molecule has 0 saturated carbocycles. The molecule has 26 heavy (non-hydrogen) atoms.